The molecule has 3 aromatic rings. The molecular formula is C34H43NO6. The van der Waals surface area contributed by atoms with E-state index in [2.05, 4.69) is 4.90 Å². The van der Waals surface area contributed by atoms with Crippen LogP contribution in [0.5, 0.6) is 0 Å². The summed E-state index contributed by atoms with van der Waals surface area (Å²) in [7, 11) is 0. The Hall–Kier alpha value is -3.52. The van der Waals surface area contributed by atoms with Crippen molar-refractivity contribution < 1.29 is 30.0 Å². The third kappa shape index (κ3) is 8.26. The fourth-order valence-corrected chi connectivity index (χ4v) is 5.52. The maximum Gasteiger partial charge on any atom is 0.313 e. The molecule has 0 aliphatic carbocycles. The van der Waals surface area contributed by atoms with Crippen LogP contribution in [0.1, 0.15) is 74.8 Å². The molecule has 4 rings (SSSR count). The van der Waals surface area contributed by atoms with E-state index in [0.717, 1.165) is 68.1 Å². The summed E-state index contributed by atoms with van der Waals surface area (Å²) < 4.78 is 0. The highest BCUT2D eigenvalue weighted by Gasteiger charge is 2.41. The Morgan fingerprint density at radius 1 is 0.829 bits per heavy atom. The zero-order valence-electron chi connectivity index (χ0n) is 24.2. The van der Waals surface area contributed by atoms with Gasteiger partial charge in [-0.2, -0.15) is 0 Å². The minimum absolute atomic E-state index is 0.132. The number of aliphatic hydroxyl groups excluding tert-OH is 1. The van der Waals surface area contributed by atoms with Gasteiger partial charge in [-0.1, -0.05) is 84.9 Å². The maximum atomic E-state index is 12.1. The van der Waals surface area contributed by atoms with Gasteiger partial charge in [-0.3, -0.25) is 9.59 Å². The molecule has 4 N–H and O–H groups in total. The van der Waals surface area contributed by atoms with E-state index < -0.39 is 29.1 Å². The second-order valence-corrected chi connectivity index (χ2v) is 11.3. The Balaban J connectivity index is 0.00000108. The molecule has 0 bridgehead atoms. The number of aliphatic hydroxyl groups is 2. The third-order valence-corrected chi connectivity index (χ3v) is 8.11. The minimum atomic E-state index is -1.01. The molecule has 1 heterocycles. The van der Waals surface area contributed by atoms with Gasteiger partial charge in [0, 0.05) is 6.92 Å². The standard InChI is InChI=1S/C32H39NO4.C2H4O2/c1-31(2,30(35)36)25-17-15-24(16-18-25)29(34)14-9-21-33-22-19-28(20-23-33)32(37,26-10-5-3-6-11-26)27-12-7-4-8-13-27;1-2(3)4/h3-8,10-13,15-18,28-29,34,37H,9,14,19-23H2,1-2H3,(H,35,36);1H3,(H,3,4)/t29-;/m0./s1. The van der Waals surface area contributed by atoms with Crippen molar-refractivity contribution in [2.75, 3.05) is 19.6 Å². The molecule has 1 saturated heterocycles. The van der Waals surface area contributed by atoms with Gasteiger partial charge < -0.3 is 25.3 Å². The molecule has 1 atom stereocenters. The van der Waals surface area contributed by atoms with Gasteiger partial charge in [-0.15, -0.1) is 0 Å². The van der Waals surface area contributed by atoms with Crippen molar-refractivity contribution in [1.29, 1.82) is 0 Å². The highest BCUT2D eigenvalue weighted by molar-refractivity contribution is 5.80. The van der Waals surface area contributed by atoms with Crippen molar-refractivity contribution in [3.05, 3.63) is 107 Å². The zero-order chi connectivity index (χ0) is 30.0. The number of carbonyl (C=O) groups is 2. The number of nitrogens with zero attached hydrogens (tertiary/aromatic N) is 1. The van der Waals surface area contributed by atoms with Crippen molar-refractivity contribution >= 4 is 11.9 Å². The summed E-state index contributed by atoms with van der Waals surface area (Å²) in [5, 5.41) is 39.6. The summed E-state index contributed by atoms with van der Waals surface area (Å²) in [6.45, 7) is 7.20. The molecule has 220 valence electrons. The molecule has 0 unspecified atom stereocenters. The quantitative estimate of drug-likeness (QED) is 0.254. The van der Waals surface area contributed by atoms with Crippen molar-refractivity contribution in [3.63, 3.8) is 0 Å². The monoisotopic (exact) mass is 561 g/mol. The number of carboxylic acids is 2. The number of hydrogen-bond acceptors (Lipinski definition) is 5. The molecule has 0 spiro atoms. The van der Waals surface area contributed by atoms with Crippen molar-refractivity contribution in [2.24, 2.45) is 5.92 Å². The van der Waals surface area contributed by atoms with Crippen LogP contribution in [-0.2, 0) is 20.6 Å². The summed E-state index contributed by atoms with van der Waals surface area (Å²) in [5.74, 6) is -1.57. The van der Waals surface area contributed by atoms with Gasteiger partial charge >= 0.3 is 5.97 Å². The summed E-state index contributed by atoms with van der Waals surface area (Å²) in [4.78, 5) is 22.9. The summed E-state index contributed by atoms with van der Waals surface area (Å²) in [5.41, 5.74) is 1.47. The molecular weight excluding hydrogens is 518 g/mol. The molecule has 0 amide bonds. The van der Waals surface area contributed by atoms with Crippen LogP contribution in [-0.4, -0.2) is 56.9 Å². The predicted octanol–water partition coefficient (Wildman–Crippen LogP) is 5.60. The maximum absolute atomic E-state index is 12.1. The lowest BCUT2D eigenvalue weighted by Gasteiger charge is -2.42. The van der Waals surface area contributed by atoms with Crippen LogP contribution in [0.2, 0.25) is 0 Å². The lowest BCUT2D eigenvalue weighted by molar-refractivity contribution is -0.142. The molecule has 3 aromatic carbocycles. The number of rotatable bonds is 10. The molecule has 1 aliphatic rings. The number of likely N-dealkylation sites (tertiary alicyclic amines) is 1. The van der Waals surface area contributed by atoms with E-state index in [0.29, 0.717) is 6.42 Å². The van der Waals surface area contributed by atoms with Crippen molar-refractivity contribution in [3.8, 4) is 0 Å². The van der Waals surface area contributed by atoms with E-state index in [1.54, 1.807) is 26.0 Å². The average molecular weight is 562 g/mol. The molecule has 0 aromatic heterocycles. The first kappa shape index (κ1) is 32.0. The van der Waals surface area contributed by atoms with E-state index in [1.807, 2.05) is 72.8 Å². The predicted molar refractivity (Wildman–Crippen MR) is 160 cm³/mol. The number of benzene rings is 3. The van der Waals surface area contributed by atoms with E-state index in [9.17, 15) is 20.1 Å². The fraction of sp³-hybridized carbons (Fsp3) is 0.412. The molecule has 41 heavy (non-hydrogen) atoms. The van der Waals surface area contributed by atoms with Crippen LogP contribution in [0.25, 0.3) is 0 Å². The van der Waals surface area contributed by atoms with E-state index >= 15 is 0 Å². The van der Waals surface area contributed by atoms with E-state index in [-0.39, 0.29) is 5.92 Å². The lowest BCUT2D eigenvalue weighted by Crippen LogP contribution is -2.44. The number of carboxylic acid groups (broad SMARTS) is 2. The molecule has 0 saturated carbocycles. The Labute approximate surface area is 243 Å². The van der Waals surface area contributed by atoms with E-state index in [1.165, 1.54) is 0 Å². The molecule has 7 nitrogen and oxygen atoms in total. The third-order valence-electron chi connectivity index (χ3n) is 8.11. The average Bonchev–Trinajstić information content (AvgIpc) is 2.97. The van der Waals surface area contributed by atoms with Crippen LogP contribution in [0, 0.1) is 5.92 Å². The minimum Gasteiger partial charge on any atom is -0.481 e. The fourth-order valence-electron chi connectivity index (χ4n) is 5.52. The second kappa shape index (κ2) is 14.4. The molecule has 1 fully saturated rings. The van der Waals surface area contributed by atoms with Crippen molar-refractivity contribution in [2.45, 2.75) is 63.6 Å². The topological polar surface area (TPSA) is 118 Å². The smallest absolute Gasteiger partial charge is 0.313 e. The first-order valence-corrected chi connectivity index (χ1v) is 14.2. The Kier molecular flexibility index (Phi) is 11.2. The first-order valence-electron chi connectivity index (χ1n) is 14.2. The van der Waals surface area contributed by atoms with Crippen LogP contribution in [0.4, 0.5) is 0 Å². The van der Waals surface area contributed by atoms with Gasteiger partial charge in [0.15, 0.2) is 0 Å². The second-order valence-electron chi connectivity index (χ2n) is 11.3. The normalized spacial score (nSPS) is 15.4. The Morgan fingerprint density at radius 2 is 1.29 bits per heavy atom. The number of hydrogen-bond donors (Lipinski definition) is 4. The van der Waals surface area contributed by atoms with Crippen LogP contribution in [0.15, 0.2) is 84.9 Å². The van der Waals surface area contributed by atoms with Gasteiger partial charge in [0.1, 0.15) is 5.60 Å². The lowest BCUT2D eigenvalue weighted by atomic mass is 9.72. The number of piperidine rings is 1. The zero-order valence-corrected chi connectivity index (χ0v) is 24.2. The van der Waals surface area contributed by atoms with E-state index in [4.69, 9.17) is 9.90 Å². The highest BCUT2D eigenvalue weighted by atomic mass is 16.4. The van der Waals surface area contributed by atoms with Crippen LogP contribution in [0.3, 0.4) is 0 Å². The molecule has 0 radical (unpaired) electrons. The first-order chi connectivity index (χ1) is 19.5. The van der Waals surface area contributed by atoms with Gasteiger partial charge in [0.05, 0.1) is 11.5 Å². The Morgan fingerprint density at radius 3 is 1.73 bits per heavy atom. The molecule has 1 aliphatic heterocycles. The van der Waals surface area contributed by atoms with Gasteiger partial charge in [0.25, 0.3) is 5.97 Å². The SMILES string of the molecule is CC(=O)O.CC(C)(C(=O)O)c1ccc([C@@H](O)CCCN2CCC(C(O)(c3ccccc3)c3ccccc3)CC2)cc1. The largest absolute Gasteiger partial charge is 0.481 e. The van der Waals surface area contributed by atoms with Gasteiger partial charge in [-0.25, -0.2) is 0 Å². The van der Waals surface area contributed by atoms with Crippen LogP contribution >= 0.6 is 0 Å². The van der Waals surface area contributed by atoms with Gasteiger partial charge in [0.2, 0.25) is 0 Å². The summed E-state index contributed by atoms with van der Waals surface area (Å²) in [6.07, 6.45) is 2.77. The van der Waals surface area contributed by atoms with Crippen molar-refractivity contribution in [1.82, 2.24) is 4.90 Å². The number of aliphatic carboxylic acids is 2. The molecule has 7 heteroatoms. The van der Waals surface area contributed by atoms with Gasteiger partial charge in [-0.05, 0) is 87.3 Å². The highest BCUT2D eigenvalue weighted by Crippen LogP contribution is 2.42. The summed E-state index contributed by atoms with van der Waals surface area (Å²) >= 11 is 0. The Bertz CT molecular complexity index is 1190. The summed E-state index contributed by atoms with van der Waals surface area (Å²) in [6, 6.07) is 27.3. The van der Waals surface area contributed by atoms with Crippen LogP contribution < -0.4 is 0 Å².